The lowest BCUT2D eigenvalue weighted by atomic mass is 9.96. The molecule has 1 aliphatic heterocycles. The molecule has 12 heteroatoms. The van der Waals surface area contributed by atoms with Crippen LogP contribution in [0.15, 0.2) is 76.9 Å². The Morgan fingerprint density at radius 1 is 1.03 bits per heavy atom. The molecule has 37 heavy (non-hydrogen) atoms. The second-order valence-electron chi connectivity index (χ2n) is 7.84. The van der Waals surface area contributed by atoms with Gasteiger partial charge in [-0.3, -0.25) is 19.5 Å². The number of amides is 1. The maximum absolute atomic E-state index is 13.2. The Kier molecular flexibility index (Phi) is 7.50. The van der Waals surface area contributed by atoms with Crippen molar-refractivity contribution in [3.05, 3.63) is 104 Å². The summed E-state index contributed by atoms with van der Waals surface area (Å²) in [7, 11) is 0. The number of aromatic nitrogens is 3. The molecule has 1 fully saturated rings. The van der Waals surface area contributed by atoms with E-state index in [1.54, 1.807) is 54.7 Å². The van der Waals surface area contributed by atoms with Crippen molar-refractivity contribution in [3.8, 4) is 0 Å². The van der Waals surface area contributed by atoms with Gasteiger partial charge in [0.05, 0.1) is 11.6 Å². The summed E-state index contributed by atoms with van der Waals surface area (Å²) in [5, 5.41) is 21.3. The maximum atomic E-state index is 13.2. The van der Waals surface area contributed by atoms with Crippen molar-refractivity contribution < 1.29 is 14.7 Å². The molecule has 5 rings (SSSR count). The number of nitrogens with zero attached hydrogens (tertiary/aromatic N) is 4. The zero-order chi connectivity index (χ0) is 26.1. The van der Waals surface area contributed by atoms with Gasteiger partial charge >= 0.3 is 5.91 Å². The van der Waals surface area contributed by atoms with Gasteiger partial charge < -0.3 is 5.11 Å². The molecule has 1 saturated heterocycles. The number of ketones is 1. The van der Waals surface area contributed by atoms with Crippen LogP contribution in [0.5, 0.6) is 0 Å². The van der Waals surface area contributed by atoms with Gasteiger partial charge in [0.25, 0.3) is 5.78 Å². The molecule has 1 N–H and O–H groups in total. The predicted molar refractivity (Wildman–Crippen MR) is 146 cm³/mol. The van der Waals surface area contributed by atoms with E-state index < -0.39 is 17.7 Å². The van der Waals surface area contributed by atoms with E-state index in [2.05, 4.69) is 15.2 Å². The Morgan fingerprint density at radius 2 is 1.78 bits per heavy atom. The smallest absolute Gasteiger partial charge is 0.301 e. The normalized spacial score (nSPS) is 16.9. The van der Waals surface area contributed by atoms with E-state index in [0.717, 1.165) is 16.9 Å². The summed E-state index contributed by atoms with van der Waals surface area (Å²) in [6, 6.07) is 14.1. The molecule has 0 radical (unpaired) electrons. The lowest BCUT2D eigenvalue weighted by Crippen LogP contribution is -2.29. The highest BCUT2D eigenvalue weighted by atomic mass is 35.5. The van der Waals surface area contributed by atoms with Crippen LogP contribution in [-0.2, 0) is 15.3 Å². The molecule has 7 nitrogen and oxygen atoms in total. The summed E-state index contributed by atoms with van der Waals surface area (Å²) in [4.78, 5) is 31.8. The number of halogens is 3. The maximum Gasteiger partial charge on any atom is 0.301 e. The Balaban J connectivity index is 1.51. The third-order valence-electron chi connectivity index (χ3n) is 5.53. The van der Waals surface area contributed by atoms with Crippen molar-refractivity contribution >= 4 is 80.5 Å². The van der Waals surface area contributed by atoms with Gasteiger partial charge in [-0.05, 0) is 53.6 Å². The lowest BCUT2D eigenvalue weighted by Gasteiger charge is -2.22. The first kappa shape index (κ1) is 25.7. The summed E-state index contributed by atoms with van der Waals surface area (Å²) in [5.41, 5.74) is 1.68. The molecular weight excluding hydrogens is 575 g/mol. The molecule has 3 heterocycles. The van der Waals surface area contributed by atoms with Gasteiger partial charge in [-0.15, -0.1) is 10.2 Å². The van der Waals surface area contributed by atoms with E-state index in [-0.39, 0.29) is 16.5 Å². The Labute approximate surface area is 234 Å². The number of carbonyl (C=O) groups is 2. The quantitative estimate of drug-likeness (QED) is 0.0867. The minimum atomic E-state index is -0.944. The number of Topliss-reactive ketones (excluding diaryl/α,β-unsaturated/α-hetero) is 1. The summed E-state index contributed by atoms with van der Waals surface area (Å²) < 4.78 is 0.575. The van der Waals surface area contributed by atoms with Gasteiger partial charge in [-0.2, -0.15) is 0 Å². The largest absolute Gasteiger partial charge is 0.507 e. The molecule has 1 unspecified atom stereocenters. The SMILES string of the molecule is O=C1C(=O)N(c2nnc(SCc3ccc(Cl)cc3Cl)s2)C(c2cccnc2)/C1=C(/O)c1ccc(Cl)cc1. The van der Waals surface area contributed by atoms with Crippen LogP contribution in [-0.4, -0.2) is 32.0 Å². The van der Waals surface area contributed by atoms with E-state index in [1.165, 1.54) is 22.9 Å². The summed E-state index contributed by atoms with van der Waals surface area (Å²) in [6.07, 6.45) is 3.12. The molecule has 4 aromatic rings. The number of aliphatic hydroxyl groups excluding tert-OH is 1. The number of hydrogen-bond donors (Lipinski definition) is 1. The van der Waals surface area contributed by atoms with Crippen LogP contribution >= 0.6 is 57.9 Å². The third kappa shape index (κ3) is 5.23. The van der Waals surface area contributed by atoms with Crippen LogP contribution in [0.2, 0.25) is 15.1 Å². The van der Waals surface area contributed by atoms with Gasteiger partial charge in [0.1, 0.15) is 5.76 Å². The average molecular weight is 590 g/mol. The van der Waals surface area contributed by atoms with Crippen LogP contribution in [0.25, 0.3) is 5.76 Å². The first-order chi connectivity index (χ1) is 17.8. The molecule has 2 aromatic carbocycles. The monoisotopic (exact) mass is 588 g/mol. The fraction of sp³-hybridized carbons (Fsp3) is 0.0800. The summed E-state index contributed by atoms with van der Waals surface area (Å²) >= 11 is 20.8. The van der Waals surface area contributed by atoms with Crippen molar-refractivity contribution in [2.75, 3.05) is 4.90 Å². The average Bonchev–Trinajstić information content (AvgIpc) is 3.46. The van der Waals surface area contributed by atoms with Crippen molar-refractivity contribution in [2.45, 2.75) is 16.1 Å². The second-order valence-corrected chi connectivity index (χ2v) is 11.3. The number of rotatable bonds is 6. The molecular formula is C25H15Cl3N4O3S2. The molecule has 0 spiro atoms. The molecule has 1 atom stereocenters. The summed E-state index contributed by atoms with van der Waals surface area (Å²) in [5.74, 6) is -1.47. The summed E-state index contributed by atoms with van der Waals surface area (Å²) in [6.45, 7) is 0. The van der Waals surface area contributed by atoms with Gasteiger partial charge in [0.15, 0.2) is 4.34 Å². The number of pyridine rings is 1. The van der Waals surface area contributed by atoms with E-state index in [9.17, 15) is 14.7 Å². The molecule has 1 amide bonds. The molecule has 0 saturated carbocycles. The number of carbonyl (C=O) groups excluding carboxylic acids is 2. The fourth-order valence-electron chi connectivity index (χ4n) is 3.78. The standard InChI is InChI=1S/C25H15Cl3N4O3S2/c26-16-6-3-13(4-7-16)21(33)19-20(14-2-1-9-29-11-14)32(23(35)22(19)34)24-30-31-25(37-24)36-12-15-5-8-17(27)10-18(15)28/h1-11,20,33H,12H2/b21-19-. The minimum Gasteiger partial charge on any atom is -0.507 e. The van der Waals surface area contributed by atoms with Crippen molar-refractivity contribution in [1.82, 2.24) is 15.2 Å². The first-order valence-corrected chi connectivity index (χ1v) is 13.6. The molecule has 0 bridgehead atoms. The highest BCUT2D eigenvalue weighted by Crippen LogP contribution is 2.44. The highest BCUT2D eigenvalue weighted by molar-refractivity contribution is 8.00. The number of anilines is 1. The second kappa shape index (κ2) is 10.8. The predicted octanol–water partition coefficient (Wildman–Crippen LogP) is 6.81. The van der Waals surface area contributed by atoms with E-state index in [0.29, 0.717) is 36.3 Å². The van der Waals surface area contributed by atoms with Gasteiger partial charge in [-0.25, -0.2) is 0 Å². The zero-order valence-electron chi connectivity index (χ0n) is 18.6. The van der Waals surface area contributed by atoms with Crippen LogP contribution < -0.4 is 4.90 Å². The number of benzene rings is 2. The lowest BCUT2D eigenvalue weighted by molar-refractivity contribution is -0.132. The molecule has 1 aliphatic rings. The van der Waals surface area contributed by atoms with Crippen LogP contribution in [0, 0.1) is 0 Å². The van der Waals surface area contributed by atoms with Crippen LogP contribution in [0.1, 0.15) is 22.7 Å². The van der Waals surface area contributed by atoms with Crippen molar-refractivity contribution in [1.29, 1.82) is 0 Å². The molecule has 0 aliphatic carbocycles. The fourth-order valence-corrected chi connectivity index (χ4v) is 6.33. The van der Waals surface area contributed by atoms with E-state index in [1.807, 2.05) is 6.07 Å². The topological polar surface area (TPSA) is 96.3 Å². The van der Waals surface area contributed by atoms with E-state index >= 15 is 0 Å². The Hall–Kier alpha value is -2.95. The number of thioether (sulfide) groups is 1. The highest BCUT2D eigenvalue weighted by Gasteiger charge is 2.48. The molecule has 2 aromatic heterocycles. The zero-order valence-corrected chi connectivity index (χ0v) is 22.5. The minimum absolute atomic E-state index is 0.0716. The Morgan fingerprint density at radius 3 is 2.49 bits per heavy atom. The van der Waals surface area contributed by atoms with Gasteiger partial charge in [-0.1, -0.05) is 70.0 Å². The number of hydrogen-bond acceptors (Lipinski definition) is 8. The molecule has 186 valence electrons. The van der Waals surface area contributed by atoms with Crippen molar-refractivity contribution in [2.24, 2.45) is 0 Å². The number of aliphatic hydroxyl groups is 1. The van der Waals surface area contributed by atoms with Crippen LogP contribution in [0.4, 0.5) is 5.13 Å². The first-order valence-electron chi connectivity index (χ1n) is 10.7. The van der Waals surface area contributed by atoms with E-state index in [4.69, 9.17) is 34.8 Å². The van der Waals surface area contributed by atoms with Crippen molar-refractivity contribution in [3.63, 3.8) is 0 Å². The van der Waals surface area contributed by atoms with Crippen LogP contribution in [0.3, 0.4) is 0 Å². The van der Waals surface area contributed by atoms with Gasteiger partial charge in [0, 0.05) is 38.8 Å². The third-order valence-corrected chi connectivity index (χ3v) is 8.47. The Bertz CT molecular complexity index is 1530. The van der Waals surface area contributed by atoms with Gasteiger partial charge in [0.2, 0.25) is 5.13 Å².